The normalized spacial score (nSPS) is 15.9. The molecule has 4 aromatic rings. The van der Waals surface area contributed by atoms with Gasteiger partial charge in [-0.05, 0) is 66.6 Å². The lowest BCUT2D eigenvalue weighted by Crippen LogP contribution is -2.31. The predicted octanol–water partition coefficient (Wildman–Crippen LogP) is 5.48. The Morgan fingerprint density at radius 3 is 2.47 bits per heavy atom. The topological polar surface area (TPSA) is 72.5 Å². The molecule has 6 heteroatoms. The maximum atomic E-state index is 13.3. The molecule has 2 atom stereocenters. The Labute approximate surface area is 201 Å². The molecule has 0 saturated heterocycles. The zero-order chi connectivity index (χ0) is 23.8. The second-order valence-electron chi connectivity index (χ2n) is 8.30. The number of nitrogens with zero attached hydrogens (tertiary/aromatic N) is 1. The fraction of sp³-hybridized carbons (Fsp3) is 0.143. The number of hydrogen-bond donors (Lipinski definition) is 1. The average molecular weight is 469 g/mol. The van der Waals surface area contributed by atoms with E-state index < -0.39 is 11.2 Å². The molecule has 0 aliphatic carbocycles. The van der Waals surface area contributed by atoms with Crippen LogP contribution in [0.3, 0.4) is 0 Å². The first-order valence-corrected chi connectivity index (χ1v) is 12.4. The maximum Gasteiger partial charge on any atom is 0.263 e. The minimum atomic E-state index is -1.52. The highest BCUT2D eigenvalue weighted by molar-refractivity contribution is 7.91. The first kappa shape index (κ1) is 22.2. The number of fused-ring (bicyclic) bond motifs is 3. The molecule has 1 N–H and O–H groups in total. The van der Waals surface area contributed by atoms with Gasteiger partial charge in [-0.1, -0.05) is 48.5 Å². The van der Waals surface area contributed by atoms with E-state index in [1.165, 1.54) is 0 Å². The summed E-state index contributed by atoms with van der Waals surface area (Å²) in [7, 11) is 0. The standard InChI is InChI=1S/C28H24N2O3S/c1-3-30-24-17-22(14-15-26(24)34(33)25-11-7-6-10-23(25)28(30)32)27(31)29-18(2)20-13-12-19-8-4-5-9-21(19)16-20/h4-18H,3H2,1-2H3,(H,29,31)/t18?,34-/m1/s1. The van der Waals surface area contributed by atoms with Crippen LogP contribution in [-0.2, 0) is 11.2 Å². The van der Waals surface area contributed by atoms with E-state index >= 15 is 0 Å². The van der Waals surface area contributed by atoms with Gasteiger partial charge < -0.3 is 14.8 Å². The van der Waals surface area contributed by atoms with Gasteiger partial charge in [0.05, 0.1) is 11.6 Å². The van der Waals surface area contributed by atoms with Gasteiger partial charge in [-0.2, -0.15) is 0 Å². The highest BCUT2D eigenvalue weighted by Crippen LogP contribution is 2.37. The van der Waals surface area contributed by atoms with Gasteiger partial charge in [0.2, 0.25) is 0 Å². The zero-order valence-corrected chi connectivity index (χ0v) is 19.8. The highest BCUT2D eigenvalue weighted by Gasteiger charge is 2.35. The van der Waals surface area contributed by atoms with Gasteiger partial charge in [-0.25, -0.2) is 0 Å². The summed E-state index contributed by atoms with van der Waals surface area (Å²) in [5.74, 6) is -0.466. The number of nitrogens with one attached hydrogen (secondary N) is 1. The van der Waals surface area contributed by atoms with Crippen molar-refractivity contribution in [2.24, 2.45) is 0 Å². The molecule has 34 heavy (non-hydrogen) atoms. The maximum absolute atomic E-state index is 13.3. The molecule has 5 rings (SSSR count). The number of rotatable bonds is 4. The fourth-order valence-electron chi connectivity index (χ4n) is 4.36. The summed E-state index contributed by atoms with van der Waals surface area (Å²) in [6, 6.07) is 26.0. The molecule has 170 valence electrons. The number of carbonyl (C=O) groups excluding carboxylic acids is 2. The van der Waals surface area contributed by atoms with E-state index in [-0.39, 0.29) is 17.9 Å². The molecule has 1 heterocycles. The van der Waals surface area contributed by atoms with Gasteiger partial charge in [-0.3, -0.25) is 9.59 Å². The Balaban J connectivity index is 1.46. The highest BCUT2D eigenvalue weighted by atomic mass is 32.2. The Morgan fingerprint density at radius 2 is 1.68 bits per heavy atom. The fourth-order valence-corrected chi connectivity index (χ4v) is 5.70. The van der Waals surface area contributed by atoms with Crippen molar-refractivity contribution in [1.82, 2.24) is 5.32 Å². The lowest BCUT2D eigenvalue weighted by molar-refractivity contribution is 0.0937. The van der Waals surface area contributed by atoms with Crippen LogP contribution in [0.25, 0.3) is 10.8 Å². The summed E-state index contributed by atoms with van der Waals surface area (Å²) in [5, 5.41) is 5.32. The van der Waals surface area contributed by atoms with Crippen molar-refractivity contribution in [2.75, 3.05) is 11.4 Å². The van der Waals surface area contributed by atoms with E-state index in [0.29, 0.717) is 33.2 Å². The zero-order valence-electron chi connectivity index (χ0n) is 18.9. The third kappa shape index (κ3) is 3.85. The van der Waals surface area contributed by atoms with Crippen LogP contribution in [0.4, 0.5) is 5.69 Å². The Kier molecular flexibility index (Phi) is 5.86. The molecule has 0 spiro atoms. The van der Waals surface area contributed by atoms with E-state index in [4.69, 9.17) is 0 Å². The molecule has 0 radical (unpaired) electrons. The van der Waals surface area contributed by atoms with E-state index in [0.717, 1.165) is 16.3 Å². The van der Waals surface area contributed by atoms with Crippen LogP contribution in [0.15, 0.2) is 94.7 Å². The van der Waals surface area contributed by atoms with E-state index in [9.17, 15) is 14.1 Å². The van der Waals surface area contributed by atoms with E-state index in [1.807, 2.05) is 44.2 Å². The second-order valence-corrected chi connectivity index (χ2v) is 9.72. The van der Waals surface area contributed by atoms with Gasteiger partial charge in [0.15, 0.2) is 9.79 Å². The van der Waals surface area contributed by atoms with Gasteiger partial charge in [0.1, 0.15) is 5.69 Å². The summed E-state index contributed by atoms with van der Waals surface area (Å²) in [6.45, 7) is 4.21. The molecule has 2 amide bonds. The number of benzene rings is 4. The second kappa shape index (κ2) is 8.97. The molecular formula is C28H24N2O3S. The molecule has 4 aromatic carbocycles. The number of carbonyl (C=O) groups is 2. The van der Waals surface area contributed by atoms with Gasteiger partial charge in [0.25, 0.3) is 11.8 Å². The van der Waals surface area contributed by atoms with Crippen LogP contribution in [-0.4, -0.2) is 22.9 Å². The van der Waals surface area contributed by atoms with Crippen LogP contribution >= 0.6 is 0 Å². The molecular weight excluding hydrogens is 444 g/mol. The number of hydrogen-bond acceptors (Lipinski definition) is 3. The van der Waals surface area contributed by atoms with E-state index in [1.54, 1.807) is 47.4 Å². The monoisotopic (exact) mass is 468 g/mol. The van der Waals surface area contributed by atoms with Crippen molar-refractivity contribution in [3.05, 3.63) is 102 Å². The van der Waals surface area contributed by atoms with Gasteiger partial charge >= 0.3 is 0 Å². The molecule has 0 bridgehead atoms. The molecule has 0 fully saturated rings. The van der Waals surface area contributed by atoms with Crippen LogP contribution in [0.1, 0.15) is 46.2 Å². The summed E-state index contributed by atoms with van der Waals surface area (Å²) in [6.07, 6.45) is 0. The van der Waals surface area contributed by atoms with Gasteiger partial charge in [0, 0.05) is 23.3 Å². The van der Waals surface area contributed by atoms with Crippen molar-refractivity contribution in [3.8, 4) is 0 Å². The van der Waals surface area contributed by atoms with Crippen molar-refractivity contribution in [2.45, 2.75) is 29.7 Å². The minimum Gasteiger partial charge on any atom is -0.606 e. The SMILES string of the molecule is CCN1C(=O)c2ccccc2[S@@+]([O-])c2ccc(C(=O)NC(C)c3ccc4ccccc4c3)cc21. The summed E-state index contributed by atoms with van der Waals surface area (Å²) in [5.41, 5.74) is 2.35. The first-order chi connectivity index (χ1) is 16.5. The third-order valence-electron chi connectivity index (χ3n) is 6.21. The van der Waals surface area contributed by atoms with Crippen LogP contribution in [0.2, 0.25) is 0 Å². The molecule has 1 unspecified atom stereocenters. The summed E-state index contributed by atoms with van der Waals surface area (Å²) < 4.78 is 13.3. The Bertz CT molecular complexity index is 1420. The Morgan fingerprint density at radius 1 is 0.941 bits per heavy atom. The minimum absolute atomic E-state index is 0.210. The van der Waals surface area contributed by atoms with Crippen LogP contribution in [0.5, 0.6) is 0 Å². The molecule has 1 aliphatic heterocycles. The van der Waals surface area contributed by atoms with Crippen molar-refractivity contribution >= 4 is 39.5 Å². The molecule has 0 saturated carbocycles. The van der Waals surface area contributed by atoms with Crippen molar-refractivity contribution < 1.29 is 14.1 Å². The lowest BCUT2D eigenvalue weighted by atomic mass is 10.0. The van der Waals surface area contributed by atoms with Crippen molar-refractivity contribution in [1.29, 1.82) is 0 Å². The smallest absolute Gasteiger partial charge is 0.263 e. The van der Waals surface area contributed by atoms with E-state index in [2.05, 4.69) is 17.4 Å². The van der Waals surface area contributed by atoms with Crippen molar-refractivity contribution in [3.63, 3.8) is 0 Å². The first-order valence-electron chi connectivity index (χ1n) is 11.2. The lowest BCUT2D eigenvalue weighted by Gasteiger charge is -2.21. The largest absolute Gasteiger partial charge is 0.606 e. The quantitative estimate of drug-likeness (QED) is 0.403. The molecule has 1 aliphatic rings. The Hall–Kier alpha value is -3.61. The number of amides is 2. The average Bonchev–Trinajstić information content (AvgIpc) is 2.96. The van der Waals surface area contributed by atoms with Crippen LogP contribution < -0.4 is 10.2 Å². The third-order valence-corrected chi connectivity index (χ3v) is 7.71. The summed E-state index contributed by atoms with van der Waals surface area (Å²) in [4.78, 5) is 29.0. The summed E-state index contributed by atoms with van der Waals surface area (Å²) >= 11 is -1.52. The van der Waals surface area contributed by atoms with Crippen LogP contribution in [0, 0.1) is 0 Å². The molecule has 0 aromatic heterocycles. The number of anilines is 1. The predicted molar refractivity (Wildman–Crippen MR) is 135 cm³/mol. The molecule has 5 nitrogen and oxygen atoms in total. The van der Waals surface area contributed by atoms with Gasteiger partial charge in [-0.15, -0.1) is 0 Å².